The van der Waals surface area contributed by atoms with Crippen molar-refractivity contribution < 1.29 is 82.8 Å². The largest absolute Gasteiger partial charge is 0.508 e. The summed E-state index contributed by atoms with van der Waals surface area (Å²) >= 11 is 0. The van der Waals surface area contributed by atoms with Crippen LogP contribution in [0.15, 0.2) is 114 Å². The van der Waals surface area contributed by atoms with Gasteiger partial charge in [-0.3, -0.25) is 67.3 Å². The normalized spacial score (nSPS) is 13.6. The molecule has 12 amide bonds. The van der Waals surface area contributed by atoms with Gasteiger partial charge in [0.05, 0.1) is 32.0 Å². The van der Waals surface area contributed by atoms with Crippen molar-refractivity contribution in [2.45, 2.75) is 133 Å². The van der Waals surface area contributed by atoms with E-state index in [1.165, 1.54) is 48.5 Å². The highest BCUT2D eigenvalue weighted by molar-refractivity contribution is 6.00. The van der Waals surface area contributed by atoms with E-state index in [0.717, 1.165) is 6.92 Å². The number of carboxylic acid groups (broad SMARTS) is 1. The summed E-state index contributed by atoms with van der Waals surface area (Å²) in [6, 6.07) is 12.8. The number of carbonyl (C=O) groups excluding carboxylic acids is 12. The second-order valence-electron chi connectivity index (χ2n) is 23.4. The Kier molecular flexibility index (Phi) is 32.2. The molecule has 1 aromatic heterocycles. The van der Waals surface area contributed by atoms with Crippen molar-refractivity contribution in [3.8, 4) is 11.5 Å². The highest BCUT2D eigenvalue weighted by atomic mass is 16.4. The molecule has 0 radical (unpaired) electrons. The van der Waals surface area contributed by atoms with Crippen LogP contribution in [0.2, 0.25) is 0 Å². The molecule has 5 rings (SSSR count). The molecular weight excluding hydrogens is 1290 g/mol. The number of benzene rings is 4. The first-order valence-electron chi connectivity index (χ1n) is 31.1. The van der Waals surface area contributed by atoms with Crippen molar-refractivity contribution in [3.05, 3.63) is 132 Å². The number of fused-ring (bicyclic) bond motifs is 1. The summed E-state index contributed by atoms with van der Waals surface area (Å²) in [5.74, 6) is -13.5. The van der Waals surface area contributed by atoms with E-state index in [4.69, 9.17) is 44.3 Å². The number of aliphatic carboxylic acids is 1. The third-order valence-electron chi connectivity index (χ3n) is 14.7. The number of H-pyrrole nitrogens is 1. The quantitative estimate of drug-likeness (QED) is 0.0101. The van der Waals surface area contributed by atoms with Gasteiger partial charge in [-0.25, -0.2) is 0 Å². The number of guanidine groups is 1. The monoisotopic (exact) mass is 1380 g/mol. The van der Waals surface area contributed by atoms with E-state index in [-0.39, 0.29) is 74.9 Å². The zero-order valence-electron chi connectivity index (χ0n) is 54.7. The van der Waals surface area contributed by atoms with E-state index in [1.54, 1.807) is 74.6 Å². The number of aromatic amines is 1. The molecular formula is C65H87N17O17. The minimum absolute atomic E-state index is 0.0205. The molecule has 0 saturated heterocycles. The van der Waals surface area contributed by atoms with Crippen LogP contribution in [0, 0.1) is 5.92 Å². The SMILES string of the molecule is CC(=O)O.CC(C)CC(NC(=O)CNC(=O)C(Cc1ccccc1)NC(=O)C(CO)NC(=O)C(CC(N)=O)NC(=O)C(Cc1c[nH]c2ccccc12)NC(=O)C(CC(N)=O)NC(=O)C(N)Cc1ccc(O)cc1)C(=O)NC(CCCN=C(N)N)C(=O)NC(Cc1ccc(O)cc1)C(N)=O. The van der Waals surface area contributed by atoms with Gasteiger partial charge in [0.1, 0.15) is 59.8 Å². The van der Waals surface area contributed by atoms with Crippen LogP contribution >= 0.6 is 0 Å². The number of para-hydroxylation sites is 1. The Morgan fingerprint density at radius 1 is 0.495 bits per heavy atom. The van der Waals surface area contributed by atoms with Gasteiger partial charge in [0.25, 0.3) is 5.97 Å². The molecule has 9 atom stereocenters. The third-order valence-corrected chi connectivity index (χ3v) is 14.7. The third kappa shape index (κ3) is 28.7. The highest BCUT2D eigenvalue weighted by Crippen LogP contribution is 2.20. The first-order valence-corrected chi connectivity index (χ1v) is 31.1. The smallest absolute Gasteiger partial charge is 0.300 e. The van der Waals surface area contributed by atoms with Gasteiger partial charge in [-0.15, -0.1) is 0 Å². The Balaban J connectivity index is 0.00000506. The second-order valence-corrected chi connectivity index (χ2v) is 23.4. The molecule has 26 N–H and O–H groups in total. The van der Waals surface area contributed by atoms with Crippen LogP contribution in [-0.2, 0) is 88.0 Å². The first kappa shape index (κ1) is 79.8. The Morgan fingerprint density at radius 3 is 1.46 bits per heavy atom. The summed E-state index contributed by atoms with van der Waals surface area (Å²) in [6.07, 6.45) is -0.685. The average Bonchev–Trinajstić information content (AvgIpc) is 1.73. The van der Waals surface area contributed by atoms with Crippen molar-refractivity contribution in [2.24, 2.45) is 45.3 Å². The van der Waals surface area contributed by atoms with Crippen LogP contribution in [0.1, 0.15) is 75.1 Å². The number of aliphatic hydroxyl groups excluding tert-OH is 1. The molecule has 0 saturated carbocycles. The van der Waals surface area contributed by atoms with Gasteiger partial charge < -0.3 is 108 Å². The Bertz CT molecular complexity index is 3640. The molecule has 0 aliphatic carbocycles. The summed E-state index contributed by atoms with van der Waals surface area (Å²) < 4.78 is 0. The van der Waals surface area contributed by atoms with Crippen LogP contribution in [0.4, 0.5) is 0 Å². The fraction of sp³-hybridized carbons (Fsp3) is 0.385. The fourth-order valence-electron chi connectivity index (χ4n) is 9.80. The lowest BCUT2D eigenvalue weighted by Crippen LogP contribution is -2.61. The van der Waals surface area contributed by atoms with Gasteiger partial charge in [-0.2, -0.15) is 0 Å². The fourth-order valence-corrected chi connectivity index (χ4v) is 9.80. The van der Waals surface area contributed by atoms with Crippen molar-refractivity contribution in [3.63, 3.8) is 0 Å². The average molecular weight is 1380 g/mol. The van der Waals surface area contributed by atoms with Crippen LogP contribution in [-0.4, -0.2) is 182 Å². The van der Waals surface area contributed by atoms with Crippen LogP contribution in [0.25, 0.3) is 10.9 Å². The van der Waals surface area contributed by atoms with Gasteiger partial charge in [-0.1, -0.05) is 86.6 Å². The molecule has 99 heavy (non-hydrogen) atoms. The molecule has 534 valence electrons. The predicted molar refractivity (Wildman–Crippen MR) is 359 cm³/mol. The maximum absolute atomic E-state index is 14.5. The number of aromatic hydroxyl groups is 2. The standard InChI is InChI=1S/C63H83N17O15.C2H4O2/c1-33(2)23-45(58(91)74-43(13-8-22-70-63(68)69)57(90)75-44(54(67)87)25-36-16-20-39(83)21-17-36)73-53(86)31-72-56(89)46(26-34-9-4-3-5-10-34)77-62(95)50(32-81)80-61(94)49(29-52(66)85)79-59(92)47(27-37-30-71-42-12-7-6-11-40(37)42)78-60(93)48(28-51(65)84)76-55(88)41(64)24-35-14-18-38(82)19-15-35;1-2(3)4/h3-7,9-12,14-21,30,33,41,43-50,71,81-83H,8,13,22-29,31-32,64H2,1-2H3,(H2,65,84)(H2,66,85)(H2,67,87)(H,72,89)(H,73,86)(H,74,91)(H,75,90)(H,76,88)(H,77,95)(H,78,93)(H,79,92)(H,80,94)(H4,68,69,70);1H3,(H,3,4). The lowest BCUT2D eigenvalue weighted by atomic mass is 10.0. The summed E-state index contributed by atoms with van der Waals surface area (Å²) in [4.78, 5) is 179. The number of amides is 12. The maximum Gasteiger partial charge on any atom is 0.300 e. The molecule has 0 aliphatic rings. The number of aromatic nitrogens is 1. The Labute approximate surface area is 568 Å². The van der Waals surface area contributed by atoms with Gasteiger partial charge in [-0.05, 0) is 84.2 Å². The lowest BCUT2D eigenvalue weighted by molar-refractivity contribution is -0.136. The Morgan fingerprint density at radius 2 is 0.929 bits per heavy atom. The van der Waals surface area contributed by atoms with Gasteiger partial charge >= 0.3 is 0 Å². The molecule has 9 unspecified atom stereocenters. The van der Waals surface area contributed by atoms with Crippen LogP contribution in [0.5, 0.6) is 11.5 Å². The maximum atomic E-state index is 14.5. The van der Waals surface area contributed by atoms with Gasteiger partial charge in [0, 0.05) is 49.8 Å². The lowest BCUT2D eigenvalue weighted by Gasteiger charge is -2.27. The van der Waals surface area contributed by atoms with Crippen molar-refractivity contribution in [2.75, 3.05) is 19.7 Å². The number of nitrogens with two attached hydrogens (primary N) is 6. The number of nitrogens with zero attached hydrogens (tertiary/aromatic N) is 1. The zero-order valence-corrected chi connectivity index (χ0v) is 54.7. The predicted octanol–water partition coefficient (Wildman–Crippen LogP) is -4.41. The van der Waals surface area contributed by atoms with E-state index in [0.29, 0.717) is 33.2 Å². The number of phenols is 2. The number of primary amides is 3. The number of rotatable bonds is 38. The minimum atomic E-state index is -1.91. The number of aliphatic imine (C=N–C) groups is 1. The zero-order chi connectivity index (χ0) is 73.5. The molecule has 34 nitrogen and oxygen atoms in total. The van der Waals surface area contributed by atoms with E-state index in [2.05, 4.69) is 57.8 Å². The molecule has 34 heteroatoms. The molecule has 0 spiro atoms. The van der Waals surface area contributed by atoms with E-state index >= 15 is 0 Å². The summed E-state index contributed by atoms with van der Waals surface area (Å²) in [6.45, 7) is 2.73. The molecule has 0 aliphatic heterocycles. The van der Waals surface area contributed by atoms with Gasteiger partial charge in [0.15, 0.2) is 5.96 Å². The molecule has 0 bridgehead atoms. The van der Waals surface area contributed by atoms with E-state index in [9.17, 15) is 72.9 Å². The van der Waals surface area contributed by atoms with Crippen LogP contribution in [0.3, 0.4) is 0 Å². The van der Waals surface area contributed by atoms with Gasteiger partial charge in [0.2, 0.25) is 70.9 Å². The second kappa shape index (κ2) is 40.0. The molecule has 1 heterocycles. The van der Waals surface area contributed by atoms with Crippen LogP contribution < -0.4 is 82.3 Å². The highest BCUT2D eigenvalue weighted by Gasteiger charge is 2.36. The number of carboxylic acids is 1. The summed E-state index contributed by atoms with van der Waals surface area (Å²) in [7, 11) is 0. The number of hydrogen-bond acceptors (Lipinski definition) is 18. The first-order chi connectivity index (χ1) is 46.8. The van der Waals surface area contributed by atoms with E-state index in [1.807, 2.05) is 0 Å². The van der Waals surface area contributed by atoms with Crippen molar-refractivity contribution in [1.29, 1.82) is 0 Å². The topological polar surface area (TPSA) is 595 Å². The number of phenolic OH excluding ortho intramolecular Hbond substituents is 2. The Hall–Kier alpha value is -11.7. The van der Waals surface area contributed by atoms with E-state index < -0.39 is 157 Å². The number of nitrogens with one attached hydrogen (secondary N) is 10. The minimum Gasteiger partial charge on any atom is -0.508 e. The molecule has 4 aromatic carbocycles. The summed E-state index contributed by atoms with van der Waals surface area (Å²) in [5.41, 5.74) is 36.5. The van der Waals surface area contributed by atoms with Crippen molar-refractivity contribution in [1.82, 2.24) is 52.8 Å². The number of aliphatic hydroxyl groups is 1. The van der Waals surface area contributed by atoms with Crippen molar-refractivity contribution >= 4 is 93.7 Å². The summed E-state index contributed by atoms with van der Waals surface area (Å²) in [5, 5.41) is 60.1. The molecule has 5 aromatic rings. The number of carbonyl (C=O) groups is 13. The number of hydrogen-bond donors (Lipinski definition) is 20. The molecule has 0 fully saturated rings.